The van der Waals surface area contributed by atoms with Gasteiger partial charge in [-0.05, 0) is 49.4 Å². The van der Waals surface area contributed by atoms with Gasteiger partial charge in [-0.1, -0.05) is 41.5 Å². The Morgan fingerprint density at radius 3 is 2.58 bits per heavy atom. The highest BCUT2D eigenvalue weighted by Crippen LogP contribution is 2.30. The summed E-state index contributed by atoms with van der Waals surface area (Å²) in [5.41, 5.74) is 3.70. The second kappa shape index (κ2) is 6.31. The highest BCUT2D eigenvalue weighted by Gasteiger charge is 2.21. The molecule has 1 aliphatic heterocycles. The molecule has 2 nitrogen and oxygen atoms in total. The molecule has 2 rings (SSSR count). The van der Waals surface area contributed by atoms with Crippen molar-refractivity contribution in [3.05, 3.63) is 27.7 Å². The van der Waals surface area contributed by atoms with E-state index in [1.165, 1.54) is 23.2 Å². The Morgan fingerprint density at radius 2 is 2.00 bits per heavy atom. The summed E-state index contributed by atoms with van der Waals surface area (Å²) >= 11 is 5.42. The Hall–Kier alpha value is -0.480. The summed E-state index contributed by atoms with van der Waals surface area (Å²) in [6.07, 6.45) is 1.23. The average molecular weight is 341 g/mol. The van der Waals surface area contributed by atoms with Gasteiger partial charge in [0.1, 0.15) is 0 Å². The van der Waals surface area contributed by atoms with Crippen LogP contribution in [0.3, 0.4) is 0 Å². The van der Waals surface area contributed by atoms with Gasteiger partial charge in [0.25, 0.3) is 0 Å². The quantitative estimate of drug-likeness (QED) is 0.837. The molecule has 0 bridgehead atoms. The van der Waals surface area contributed by atoms with Crippen molar-refractivity contribution in [1.29, 1.82) is 0 Å². The lowest BCUT2D eigenvalue weighted by atomic mass is 10.1. The average Bonchev–Trinajstić information content (AvgIpc) is 2.70. The first kappa shape index (κ1) is 14.9. The third-order valence-corrected chi connectivity index (χ3v) is 4.77. The maximum atomic E-state index is 4.63. The van der Waals surface area contributed by atoms with E-state index < -0.39 is 0 Å². The van der Waals surface area contributed by atoms with Crippen LogP contribution in [0.25, 0.3) is 0 Å². The molecule has 0 saturated carbocycles. The van der Waals surface area contributed by atoms with Crippen LogP contribution in [0.5, 0.6) is 0 Å². The first-order valence-electron chi connectivity index (χ1n) is 6.70. The highest BCUT2D eigenvalue weighted by molar-refractivity contribution is 9.10. The number of halogens is 1. The van der Waals surface area contributed by atoms with Crippen LogP contribution in [-0.2, 0) is 0 Å². The largest absolute Gasteiger partial charge is 0.335 e. The smallest absolute Gasteiger partial charge is 0.161 e. The predicted molar refractivity (Wildman–Crippen MR) is 90.4 cm³/mol. The predicted octanol–water partition coefficient (Wildman–Crippen LogP) is 5.00. The zero-order valence-electron chi connectivity index (χ0n) is 12.0. The fourth-order valence-electron chi connectivity index (χ4n) is 2.35. The number of nitrogens with zero attached hydrogens (tertiary/aromatic N) is 1. The van der Waals surface area contributed by atoms with E-state index in [1.807, 2.05) is 11.8 Å². The van der Waals surface area contributed by atoms with Crippen molar-refractivity contribution < 1.29 is 0 Å². The van der Waals surface area contributed by atoms with Gasteiger partial charge in [-0.3, -0.25) is 4.99 Å². The molecule has 1 aromatic rings. The van der Waals surface area contributed by atoms with Gasteiger partial charge in [0, 0.05) is 15.4 Å². The monoisotopic (exact) mass is 340 g/mol. The Labute approximate surface area is 128 Å². The molecule has 104 valence electrons. The van der Waals surface area contributed by atoms with Gasteiger partial charge < -0.3 is 5.32 Å². The maximum absolute atomic E-state index is 4.63. The van der Waals surface area contributed by atoms with E-state index in [1.54, 1.807) is 0 Å². The van der Waals surface area contributed by atoms with Crippen molar-refractivity contribution in [3.8, 4) is 0 Å². The molecule has 1 N–H and O–H groups in total. The number of thioether (sulfide) groups is 1. The molecule has 1 aromatic carbocycles. The number of nitrogens with one attached hydrogen (secondary N) is 1. The molecule has 19 heavy (non-hydrogen) atoms. The number of benzene rings is 1. The van der Waals surface area contributed by atoms with E-state index in [0.717, 1.165) is 22.1 Å². The SMILES string of the molecule is Cc1cc(Br)cc(C)c1NC1=NCC(CC(C)C)S1. The summed E-state index contributed by atoms with van der Waals surface area (Å²) in [5, 5.41) is 5.21. The lowest BCUT2D eigenvalue weighted by Crippen LogP contribution is -2.11. The second-order valence-corrected chi connectivity index (χ2v) is 7.76. The van der Waals surface area contributed by atoms with E-state index in [-0.39, 0.29) is 0 Å². The van der Waals surface area contributed by atoms with E-state index >= 15 is 0 Å². The third kappa shape index (κ3) is 3.99. The Kier molecular flexibility index (Phi) is 4.96. The van der Waals surface area contributed by atoms with Gasteiger partial charge in [0.2, 0.25) is 0 Å². The summed E-state index contributed by atoms with van der Waals surface area (Å²) in [4.78, 5) is 4.63. The standard InChI is InChI=1S/C15H21BrN2S/c1-9(2)5-13-8-17-15(19-13)18-14-10(3)6-12(16)7-11(14)4/h6-7,9,13H,5,8H2,1-4H3,(H,17,18). The third-order valence-electron chi connectivity index (χ3n) is 3.18. The Balaban J connectivity index is 2.04. The Bertz CT molecular complexity index is 474. The molecule has 1 unspecified atom stereocenters. The van der Waals surface area contributed by atoms with Crippen molar-refractivity contribution in [1.82, 2.24) is 0 Å². The van der Waals surface area contributed by atoms with Crippen LogP contribution in [-0.4, -0.2) is 17.0 Å². The molecular formula is C15H21BrN2S. The van der Waals surface area contributed by atoms with E-state index in [2.05, 4.69) is 66.1 Å². The van der Waals surface area contributed by atoms with Gasteiger partial charge in [-0.25, -0.2) is 0 Å². The first-order valence-corrected chi connectivity index (χ1v) is 8.38. The molecular weight excluding hydrogens is 320 g/mol. The summed E-state index contributed by atoms with van der Waals surface area (Å²) in [7, 11) is 0. The fraction of sp³-hybridized carbons (Fsp3) is 0.533. The van der Waals surface area contributed by atoms with E-state index in [4.69, 9.17) is 0 Å². The topological polar surface area (TPSA) is 24.4 Å². The number of aryl methyl sites for hydroxylation is 2. The number of rotatable bonds is 3. The van der Waals surface area contributed by atoms with E-state index in [0.29, 0.717) is 5.25 Å². The summed E-state index contributed by atoms with van der Waals surface area (Å²) < 4.78 is 1.13. The minimum atomic E-state index is 0.638. The number of amidine groups is 1. The summed E-state index contributed by atoms with van der Waals surface area (Å²) in [5.74, 6) is 0.739. The summed E-state index contributed by atoms with van der Waals surface area (Å²) in [6.45, 7) is 9.75. The lowest BCUT2D eigenvalue weighted by molar-refractivity contribution is 0.575. The van der Waals surface area contributed by atoms with Crippen LogP contribution >= 0.6 is 27.7 Å². The molecule has 0 amide bonds. The van der Waals surface area contributed by atoms with Crippen molar-refractivity contribution in [3.63, 3.8) is 0 Å². The van der Waals surface area contributed by atoms with Crippen molar-refractivity contribution in [2.75, 3.05) is 11.9 Å². The van der Waals surface area contributed by atoms with E-state index in [9.17, 15) is 0 Å². The fourth-order valence-corrected chi connectivity index (χ4v) is 4.29. The molecule has 1 aliphatic rings. The normalized spacial score (nSPS) is 18.8. The van der Waals surface area contributed by atoms with Crippen LogP contribution < -0.4 is 5.32 Å². The Morgan fingerprint density at radius 1 is 1.37 bits per heavy atom. The number of hydrogen-bond donors (Lipinski definition) is 1. The molecule has 0 radical (unpaired) electrons. The maximum Gasteiger partial charge on any atom is 0.161 e. The number of hydrogen-bond acceptors (Lipinski definition) is 3. The van der Waals surface area contributed by atoms with Crippen LogP contribution in [0, 0.1) is 19.8 Å². The van der Waals surface area contributed by atoms with Crippen molar-refractivity contribution in [2.24, 2.45) is 10.9 Å². The molecule has 0 aromatic heterocycles. The molecule has 1 atom stereocenters. The van der Waals surface area contributed by atoms with Gasteiger partial charge in [0.15, 0.2) is 5.17 Å². The number of aliphatic imine (C=N–C) groups is 1. The van der Waals surface area contributed by atoms with Gasteiger partial charge in [-0.15, -0.1) is 0 Å². The van der Waals surface area contributed by atoms with Crippen molar-refractivity contribution >= 4 is 38.5 Å². The molecule has 0 spiro atoms. The van der Waals surface area contributed by atoms with Crippen LogP contribution in [0.1, 0.15) is 31.4 Å². The van der Waals surface area contributed by atoms with Crippen LogP contribution in [0.15, 0.2) is 21.6 Å². The molecule has 0 saturated heterocycles. The molecule has 0 aliphatic carbocycles. The zero-order chi connectivity index (χ0) is 14.0. The minimum Gasteiger partial charge on any atom is -0.335 e. The van der Waals surface area contributed by atoms with Gasteiger partial charge in [-0.2, -0.15) is 0 Å². The van der Waals surface area contributed by atoms with Gasteiger partial charge >= 0.3 is 0 Å². The minimum absolute atomic E-state index is 0.638. The lowest BCUT2D eigenvalue weighted by Gasteiger charge is -2.14. The highest BCUT2D eigenvalue weighted by atomic mass is 79.9. The first-order chi connectivity index (χ1) is 8.95. The second-order valence-electron chi connectivity index (χ2n) is 5.55. The van der Waals surface area contributed by atoms with Crippen LogP contribution in [0.4, 0.5) is 5.69 Å². The number of anilines is 1. The summed E-state index contributed by atoms with van der Waals surface area (Å²) in [6, 6.07) is 4.28. The molecule has 1 heterocycles. The molecule has 4 heteroatoms. The van der Waals surface area contributed by atoms with Gasteiger partial charge in [0.05, 0.1) is 6.54 Å². The van der Waals surface area contributed by atoms with Crippen LogP contribution in [0.2, 0.25) is 0 Å². The van der Waals surface area contributed by atoms with Crippen molar-refractivity contribution in [2.45, 2.75) is 39.4 Å². The zero-order valence-corrected chi connectivity index (χ0v) is 14.4. The molecule has 0 fully saturated rings.